The van der Waals surface area contributed by atoms with Crippen molar-refractivity contribution in [3.63, 3.8) is 0 Å². The number of H-pyrrole nitrogens is 1. The van der Waals surface area contributed by atoms with Crippen LogP contribution in [0.5, 0.6) is 5.75 Å². The molecule has 0 radical (unpaired) electrons. The van der Waals surface area contributed by atoms with Crippen LogP contribution >= 0.6 is 0 Å². The summed E-state index contributed by atoms with van der Waals surface area (Å²) >= 11 is 0. The van der Waals surface area contributed by atoms with E-state index in [9.17, 15) is 5.11 Å². The molecule has 0 saturated heterocycles. The van der Waals surface area contributed by atoms with E-state index in [4.69, 9.17) is 4.98 Å². The highest BCUT2D eigenvalue weighted by Crippen LogP contribution is 2.27. The number of aromatic amines is 1. The van der Waals surface area contributed by atoms with Gasteiger partial charge in [0.25, 0.3) is 0 Å². The lowest BCUT2D eigenvalue weighted by atomic mass is 9.95. The minimum Gasteiger partial charge on any atom is -0.508 e. The van der Waals surface area contributed by atoms with E-state index in [2.05, 4.69) is 40.9 Å². The van der Waals surface area contributed by atoms with Gasteiger partial charge in [0.2, 0.25) is 0 Å². The molecule has 1 aromatic carbocycles. The molecule has 3 heterocycles. The highest BCUT2D eigenvalue weighted by molar-refractivity contribution is 5.63. The number of nitrogens with zero attached hydrogens (tertiary/aromatic N) is 4. The largest absolute Gasteiger partial charge is 0.508 e. The Morgan fingerprint density at radius 2 is 1.93 bits per heavy atom. The molecule has 0 fully saturated rings. The minimum atomic E-state index is -0.0258. The SMILES string of the molecule is CC(C)(C)c1ncc2c(n1)CCN(Cc1cn[nH]c1-c1ccc(O)cc1)C2. The van der Waals surface area contributed by atoms with Crippen LogP contribution in [0.3, 0.4) is 0 Å². The molecule has 1 aliphatic heterocycles. The summed E-state index contributed by atoms with van der Waals surface area (Å²) < 4.78 is 0. The number of hydrogen-bond acceptors (Lipinski definition) is 5. The molecule has 0 atom stereocenters. The number of phenols is 1. The Kier molecular flexibility index (Phi) is 4.44. The predicted molar refractivity (Wildman–Crippen MR) is 104 cm³/mol. The monoisotopic (exact) mass is 363 g/mol. The van der Waals surface area contributed by atoms with Gasteiger partial charge in [-0.3, -0.25) is 10.00 Å². The first-order chi connectivity index (χ1) is 12.9. The molecule has 2 aromatic heterocycles. The number of fused-ring (bicyclic) bond motifs is 1. The van der Waals surface area contributed by atoms with Crippen LogP contribution in [0.2, 0.25) is 0 Å². The number of benzene rings is 1. The Labute approximate surface area is 159 Å². The predicted octanol–water partition coefficient (Wildman–Crippen LogP) is 3.43. The molecule has 27 heavy (non-hydrogen) atoms. The maximum atomic E-state index is 9.50. The highest BCUT2D eigenvalue weighted by Gasteiger charge is 2.23. The van der Waals surface area contributed by atoms with Gasteiger partial charge in [-0.25, -0.2) is 9.97 Å². The molecule has 1 aliphatic rings. The third-order valence-corrected chi connectivity index (χ3v) is 4.95. The molecule has 0 spiro atoms. The van der Waals surface area contributed by atoms with Crippen molar-refractivity contribution >= 4 is 0 Å². The van der Waals surface area contributed by atoms with Crippen LogP contribution in [0.25, 0.3) is 11.3 Å². The fourth-order valence-electron chi connectivity index (χ4n) is 3.42. The lowest BCUT2D eigenvalue weighted by molar-refractivity contribution is 0.242. The van der Waals surface area contributed by atoms with Crippen molar-refractivity contribution in [3.05, 3.63) is 59.3 Å². The van der Waals surface area contributed by atoms with Gasteiger partial charge in [-0.05, 0) is 24.3 Å². The van der Waals surface area contributed by atoms with Gasteiger partial charge in [-0.2, -0.15) is 5.10 Å². The summed E-state index contributed by atoms with van der Waals surface area (Å²) in [6, 6.07) is 7.20. The number of aromatic hydroxyl groups is 1. The van der Waals surface area contributed by atoms with E-state index in [0.717, 1.165) is 48.7 Å². The van der Waals surface area contributed by atoms with Crippen molar-refractivity contribution < 1.29 is 5.11 Å². The number of hydrogen-bond donors (Lipinski definition) is 2. The summed E-state index contributed by atoms with van der Waals surface area (Å²) in [5.41, 5.74) is 5.54. The maximum absolute atomic E-state index is 9.50. The second-order valence-electron chi connectivity index (χ2n) is 8.19. The number of rotatable bonds is 3. The van der Waals surface area contributed by atoms with E-state index in [1.54, 1.807) is 12.1 Å². The molecule has 140 valence electrons. The van der Waals surface area contributed by atoms with Crippen LogP contribution in [-0.4, -0.2) is 36.7 Å². The zero-order chi connectivity index (χ0) is 19.0. The molecule has 0 unspecified atom stereocenters. The zero-order valence-electron chi connectivity index (χ0n) is 16.0. The summed E-state index contributed by atoms with van der Waals surface area (Å²) in [5, 5.41) is 16.8. The van der Waals surface area contributed by atoms with E-state index in [-0.39, 0.29) is 11.2 Å². The number of nitrogens with one attached hydrogen (secondary N) is 1. The molecule has 2 N–H and O–H groups in total. The lowest BCUT2D eigenvalue weighted by Gasteiger charge is -2.29. The second kappa shape index (κ2) is 6.78. The van der Waals surface area contributed by atoms with Gasteiger partial charge in [0.1, 0.15) is 11.6 Å². The van der Waals surface area contributed by atoms with Crippen molar-refractivity contribution in [2.24, 2.45) is 0 Å². The lowest BCUT2D eigenvalue weighted by Crippen LogP contribution is -2.32. The van der Waals surface area contributed by atoms with Crippen LogP contribution < -0.4 is 0 Å². The molecule has 4 rings (SSSR count). The van der Waals surface area contributed by atoms with Crippen molar-refractivity contribution in [1.29, 1.82) is 0 Å². The van der Waals surface area contributed by atoms with Crippen LogP contribution in [0.4, 0.5) is 0 Å². The highest BCUT2D eigenvalue weighted by atomic mass is 16.3. The van der Waals surface area contributed by atoms with Crippen molar-refractivity contribution in [2.75, 3.05) is 6.54 Å². The van der Waals surface area contributed by atoms with Crippen molar-refractivity contribution in [3.8, 4) is 17.0 Å². The Balaban J connectivity index is 1.51. The summed E-state index contributed by atoms with van der Waals surface area (Å²) in [4.78, 5) is 11.8. The van der Waals surface area contributed by atoms with Gasteiger partial charge in [0, 0.05) is 60.1 Å². The second-order valence-corrected chi connectivity index (χ2v) is 8.19. The first-order valence-electron chi connectivity index (χ1n) is 9.29. The average molecular weight is 363 g/mol. The van der Waals surface area contributed by atoms with Gasteiger partial charge in [-0.15, -0.1) is 0 Å². The molecule has 0 amide bonds. The van der Waals surface area contributed by atoms with E-state index in [1.807, 2.05) is 24.5 Å². The van der Waals surface area contributed by atoms with Gasteiger partial charge >= 0.3 is 0 Å². The summed E-state index contributed by atoms with van der Waals surface area (Å²) in [6.07, 6.45) is 4.82. The fourth-order valence-corrected chi connectivity index (χ4v) is 3.42. The summed E-state index contributed by atoms with van der Waals surface area (Å²) in [7, 11) is 0. The minimum absolute atomic E-state index is 0.0258. The molecular formula is C21H25N5O. The van der Waals surface area contributed by atoms with Gasteiger partial charge < -0.3 is 5.11 Å². The first-order valence-corrected chi connectivity index (χ1v) is 9.29. The topological polar surface area (TPSA) is 77.9 Å². The van der Waals surface area contributed by atoms with Crippen LogP contribution in [0.15, 0.2) is 36.7 Å². The van der Waals surface area contributed by atoms with Crippen molar-refractivity contribution in [1.82, 2.24) is 25.1 Å². The van der Waals surface area contributed by atoms with E-state index >= 15 is 0 Å². The van der Waals surface area contributed by atoms with Crippen LogP contribution in [0.1, 0.15) is 43.4 Å². The van der Waals surface area contributed by atoms with E-state index in [1.165, 1.54) is 11.3 Å². The zero-order valence-corrected chi connectivity index (χ0v) is 16.0. The maximum Gasteiger partial charge on any atom is 0.133 e. The Morgan fingerprint density at radius 3 is 2.67 bits per heavy atom. The third kappa shape index (κ3) is 3.71. The number of phenolic OH excluding ortho intramolecular Hbond substituents is 1. The molecule has 0 bridgehead atoms. The van der Waals surface area contributed by atoms with E-state index < -0.39 is 0 Å². The smallest absolute Gasteiger partial charge is 0.133 e. The molecule has 0 saturated carbocycles. The van der Waals surface area contributed by atoms with Gasteiger partial charge in [-0.1, -0.05) is 20.8 Å². The van der Waals surface area contributed by atoms with Crippen molar-refractivity contribution in [2.45, 2.75) is 45.7 Å². The number of aromatic nitrogens is 4. The summed E-state index contributed by atoms with van der Waals surface area (Å²) in [6.45, 7) is 9.07. The van der Waals surface area contributed by atoms with Crippen LogP contribution in [0, 0.1) is 0 Å². The van der Waals surface area contributed by atoms with Crippen LogP contribution in [-0.2, 0) is 24.9 Å². The Bertz CT molecular complexity index is 940. The quantitative estimate of drug-likeness (QED) is 0.745. The van der Waals surface area contributed by atoms with Gasteiger partial charge in [0.05, 0.1) is 11.9 Å². The molecular weight excluding hydrogens is 338 g/mol. The van der Waals surface area contributed by atoms with Gasteiger partial charge in [0.15, 0.2) is 0 Å². The Hall–Kier alpha value is -2.73. The first kappa shape index (κ1) is 17.7. The molecule has 0 aliphatic carbocycles. The molecule has 3 aromatic rings. The molecule has 6 nitrogen and oxygen atoms in total. The Morgan fingerprint density at radius 1 is 1.15 bits per heavy atom. The standard InChI is InChI=1S/C21H25N5O/c1-21(2,3)20-22-10-15-12-26(9-8-18(15)24-20)13-16-11-23-25-19(16)14-4-6-17(27)7-5-14/h4-7,10-11,27H,8-9,12-13H2,1-3H3,(H,23,25). The summed E-state index contributed by atoms with van der Waals surface area (Å²) in [5.74, 6) is 1.18. The third-order valence-electron chi connectivity index (χ3n) is 4.95. The molecule has 6 heteroatoms. The fraction of sp³-hybridized carbons (Fsp3) is 0.381. The normalized spacial score (nSPS) is 14.9. The van der Waals surface area contributed by atoms with E-state index in [0.29, 0.717) is 0 Å². The average Bonchev–Trinajstić information content (AvgIpc) is 3.09.